The largest absolute Gasteiger partial charge is 0.334 e. The smallest absolute Gasteiger partial charge is 0.258 e. The second kappa shape index (κ2) is 6.12. The van der Waals surface area contributed by atoms with E-state index >= 15 is 0 Å². The van der Waals surface area contributed by atoms with E-state index < -0.39 is 0 Å². The van der Waals surface area contributed by atoms with Crippen molar-refractivity contribution in [3.8, 4) is 11.5 Å². The monoisotopic (exact) mass is 280 g/mol. The lowest BCUT2D eigenvalue weighted by Crippen LogP contribution is -1.99. The van der Waals surface area contributed by atoms with Crippen LogP contribution in [0, 0.1) is 0 Å². The molecule has 5 nitrogen and oxygen atoms in total. The summed E-state index contributed by atoms with van der Waals surface area (Å²) >= 11 is 0. The number of pyridine rings is 1. The van der Waals surface area contributed by atoms with Crippen molar-refractivity contribution in [2.75, 3.05) is 0 Å². The van der Waals surface area contributed by atoms with E-state index in [1.165, 1.54) is 25.7 Å². The first-order chi connectivity index (χ1) is 8.86. The predicted molar refractivity (Wildman–Crippen MR) is 73.9 cm³/mol. The Bertz CT molecular complexity index is 537. The van der Waals surface area contributed by atoms with E-state index in [0.717, 1.165) is 17.1 Å². The van der Waals surface area contributed by atoms with Gasteiger partial charge in [-0.2, -0.15) is 4.98 Å². The SMILES string of the molecule is Cl.NCc1cc(-c2nc(C3CCCC3)no2)ccn1. The molecule has 0 saturated heterocycles. The highest BCUT2D eigenvalue weighted by atomic mass is 35.5. The Hall–Kier alpha value is -1.46. The molecule has 1 aliphatic rings. The molecule has 2 aromatic heterocycles. The molecule has 0 atom stereocenters. The topological polar surface area (TPSA) is 77.8 Å². The normalized spacial score (nSPS) is 15.4. The third-order valence-electron chi connectivity index (χ3n) is 3.43. The van der Waals surface area contributed by atoms with Crippen LogP contribution < -0.4 is 5.73 Å². The van der Waals surface area contributed by atoms with E-state index in [-0.39, 0.29) is 12.4 Å². The molecule has 0 aromatic carbocycles. The van der Waals surface area contributed by atoms with Gasteiger partial charge in [0.15, 0.2) is 5.82 Å². The first-order valence-corrected chi connectivity index (χ1v) is 6.36. The number of nitrogens with two attached hydrogens (primary N) is 1. The van der Waals surface area contributed by atoms with Gasteiger partial charge in [0.25, 0.3) is 5.89 Å². The fourth-order valence-electron chi connectivity index (χ4n) is 2.42. The van der Waals surface area contributed by atoms with Gasteiger partial charge in [-0.1, -0.05) is 18.0 Å². The summed E-state index contributed by atoms with van der Waals surface area (Å²) in [5, 5.41) is 4.09. The molecule has 0 amide bonds. The zero-order valence-electron chi connectivity index (χ0n) is 10.6. The first kappa shape index (κ1) is 14.0. The van der Waals surface area contributed by atoms with Crippen LogP contribution in [0.4, 0.5) is 0 Å². The van der Waals surface area contributed by atoms with Crippen molar-refractivity contribution in [3.05, 3.63) is 29.8 Å². The van der Waals surface area contributed by atoms with Crippen LogP contribution in [0.15, 0.2) is 22.9 Å². The molecule has 1 fully saturated rings. The maximum absolute atomic E-state index is 5.57. The number of nitrogens with zero attached hydrogens (tertiary/aromatic N) is 3. The van der Waals surface area contributed by atoms with Gasteiger partial charge in [-0.25, -0.2) is 0 Å². The summed E-state index contributed by atoms with van der Waals surface area (Å²) in [5.41, 5.74) is 7.29. The zero-order valence-corrected chi connectivity index (χ0v) is 11.4. The highest BCUT2D eigenvalue weighted by molar-refractivity contribution is 5.85. The molecule has 19 heavy (non-hydrogen) atoms. The summed E-state index contributed by atoms with van der Waals surface area (Å²) in [6.45, 7) is 0.414. The van der Waals surface area contributed by atoms with Crippen LogP contribution in [0.2, 0.25) is 0 Å². The summed E-state index contributed by atoms with van der Waals surface area (Å²) in [6, 6.07) is 3.76. The zero-order chi connectivity index (χ0) is 12.4. The van der Waals surface area contributed by atoms with Gasteiger partial charge in [-0.05, 0) is 25.0 Å². The quantitative estimate of drug-likeness (QED) is 0.935. The summed E-state index contributed by atoms with van der Waals surface area (Å²) < 4.78 is 5.33. The van der Waals surface area contributed by atoms with Crippen molar-refractivity contribution >= 4 is 12.4 Å². The van der Waals surface area contributed by atoms with E-state index in [4.69, 9.17) is 10.3 Å². The summed E-state index contributed by atoms with van der Waals surface area (Å²) in [6.07, 6.45) is 6.59. The maximum atomic E-state index is 5.57. The number of aromatic nitrogens is 3. The van der Waals surface area contributed by atoms with Crippen LogP contribution in [0.3, 0.4) is 0 Å². The number of rotatable bonds is 3. The summed E-state index contributed by atoms with van der Waals surface area (Å²) in [4.78, 5) is 8.64. The van der Waals surface area contributed by atoms with Gasteiger partial charge in [0.05, 0.1) is 5.69 Å². The van der Waals surface area contributed by atoms with Gasteiger partial charge in [0.1, 0.15) is 0 Å². The number of hydrogen-bond donors (Lipinski definition) is 1. The molecule has 0 spiro atoms. The van der Waals surface area contributed by atoms with Crippen LogP contribution >= 0.6 is 12.4 Å². The molecule has 2 aromatic rings. The van der Waals surface area contributed by atoms with Crippen LogP contribution in [0.1, 0.15) is 43.1 Å². The van der Waals surface area contributed by atoms with Gasteiger partial charge in [0.2, 0.25) is 0 Å². The fraction of sp³-hybridized carbons (Fsp3) is 0.462. The Morgan fingerprint density at radius 1 is 1.32 bits per heavy atom. The van der Waals surface area contributed by atoms with Crippen molar-refractivity contribution in [2.24, 2.45) is 5.73 Å². The van der Waals surface area contributed by atoms with Crippen molar-refractivity contribution in [1.82, 2.24) is 15.1 Å². The minimum Gasteiger partial charge on any atom is -0.334 e. The van der Waals surface area contributed by atoms with E-state index in [2.05, 4.69) is 15.1 Å². The van der Waals surface area contributed by atoms with Crippen LogP contribution in [-0.2, 0) is 6.54 Å². The predicted octanol–water partition coefficient (Wildman–Crippen LogP) is 2.67. The summed E-state index contributed by atoms with van der Waals surface area (Å²) in [5.74, 6) is 1.88. The lowest BCUT2D eigenvalue weighted by molar-refractivity contribution is 0.415. The first-order valence-electron chi connectivity index (χ1n) is 6.36. The Morgan fingerprint density at radius 3 is 2.84 bits per heavy atom. The Morgan fingerprint density at radius 2 is 2.11 bits per heavy atom. The molecule has 102 valence electrons. The lowest BCUT2D eigenvalue weighted by Gasteiger charge is -2.00. The molecule has 0 bridgehead atoms. The van der Waals surface area contributed by atoms with E-state index in [1.54, 1.807) is 6.20 Å². The minimum absolute atomic E-state index is 0. The van der Waals surface area contributed by atoms with Gasteiger partial charge in [0, 0.05) is 24.2 Å². The molecule has 6 heteroatoms. The summed E-state index contributed by atoms with van der Waals surface area (Å²) in [7, 11) is 0. The van der Waals surface area contributed by atoms with E-state index in [1.807, 2.05) is 12.1 Å². The van der Waals surface area contributed by atoms with Crippen molar-refractivity contribution < 1.29 is 4.52 Å². The van der Waals surface area contributed by atoms with Crippen LogP contribution in [0.5, 0.6) is 0 Å². The number of hydrogen-bond acceptors (Lipinski definition) is 5. The van der Waals surface area contributed by atoms with E-state index in [9.17, 15) is 0 Å². The maximum Gasteiger partial charge on any atom is 0.258 e. The second-order valence-corrected chi connectivity index (χ2v) is 4.68. The fourth-order valence-corrected chi connectivity index (χ4v) is 2.42. The van der Waals surface area contributed by atoms with Crippen LogP contribution in [0.25, 0.3) is 11.5 Å². The molecule has 3 rings (SSSR count). The van der Waals surface area contributed by atoms with Gasteiger partial charge >= 0.3 is 0 Å². The molecule has 2 N–H and O–H groups in total. The van der Waals surface area contributed by atoms with Crippen LogP contribution in [-0.4, -0.2) is 15.1 Å². The highest BCUT2D eigenvalue weighted by Gasteiger charge is 2.22. The standard InChI is InChI=1S/C13H16N4O.ClH/c14-8-11-7-10(5-6-15-11)13-16-12(17-18-13)9-3-1-2-4-9;/h5-7,9H,1-4,8,14H2;1H. The molecule has 0 unspecified atom stereocenters. The minimum atomic E-state index is 0. The molecular weight excluding hydrogens is 264 g/mol. The molecular formula is C13H17ClN4O. The van der Waals surface area contributed by atoms with Crippen molar-refractivity contribution in [3.63, 3.8) is 0 Å². The molecule has 0 radical (unpaired) electrons. The molecule has 0 aliphatic heterocycles. The third-order valence-corrected chi connectivity index (χ3v) is 3.43. The Balaban J connectivity index is 0.00000133. The van der Waals surface area contributed by atoms with E-state index in [0.29, 0.717) is 18.4 Å². The Kier molecular flexibility index (Phi) is 4.50. The van der Waals surface area contributed by atoms with Gasteiger partial charge in [-0.15, -0.1) is 12.4 Å². The lowest BCUT2D eigenvalue weighted by atomic mass is 10.1. The van der Waals surface area contributed by atoms with Gasteiger partial charge in [-0.3, -0.25) is 4.98 Å². The average Bonchev–Trinajstić information content (AvgIpc) is 3.09. The molecule has 2 heterocycles. The Labute approximate surface area is 118 Å². The highest BCUT2D eigenvalue weighted by Crippen LogP contribution is 2.33. The number of halogens is 1. The van der Waals surface area contributed by atoms with Crippen molar-refractivity contribution in [2.45, 2.75) is 38.1 Å². The van der Waals surface area contributed by atoms with Gasteiger partial charge < -0.3 is 10.3 Å². The third kappa shape index (κ3) is 2.93. The second-order valence-electron chi connectivity index (χ2n) is 4.68. The molecule has 1 aliphatic carbocycles. The average molecular weight is 281 g/mol. The molecule has 1 saturated carbocycles. The van der Waals surface area contributed by atoms with Crippen molar-refractivity contribution in [1.29, 1.82) is 0 Å².